The summed E-state index contributed by atoms with van der Waals surface area (Å²) >= 11 is 0. The second kappa shape index (κ2) is 5.98. The van der Waals surface area contributed by atoms with Gasteiger partial charge in [0.15, 0.2) is 6.29 Å². The zero-order chi connectivity index (χ0) is 16.0. The van der Waals surface area contributed by atoms with Gasteiger partial charge >= 0.3 is 0 Å². The maximum atomic E-state index is 10.5. The molecule has 0 aromatic rings. The molecule has 0 amide bonds. The number of fused-ring (bicyclic) bond motifs is 2. The Hall–Kier alpha value is -0.280. The van der Waals surface area contributed by atoms with Gasteiger partial charge in [-0.25, -0.2) is 0 Å². The highest BCUT2D eigenvalue weighted by atomic mass is 16.8. The predicted octanol–water partition coefficient (Wildman–Crippen LogP) is 0.782. The van der Waals surface area contributed by atoms with E-state index in [1.807, 2.05) is 6.92 Å². The summed E-state index contributed by atoms with van der Waals surface area (Å²) in [5.74, 6) is -1.99. The van der Waals surface area contributed by atoms with Crippen molar-refractivity contribution in [3.05, 3.63) is 0 Å². The molecule has 1 N–H and O–H groups in total. The van der Waals surface area contributed by atoms with Crippen molar-refractivity contribution in [1.29, 1.82) is 0 Å². The third kappa shape index (κ3) is 2.23. The highest BCUT2D eigenvalue weighted by molar-refractivity contribution is 5.03. The fraction of sp³-hybridized carbons (Fsp3) is 1.00. The minimum Gasteiger partial charge on any atom is -0.385 e. The highest BCUT2D eigenvalue weighted by Crippen LogP contribution is 2.50. The molecule has 0 radical (unpaired) electrons. The number of hydrogen-bond acceptors (Lipinski definition) is 7. The first-order valence-corrected chi connectivity index (χ1v) is 7.85. The lowest BCUT2D eigenvalue weighted by molar-refractivity contribution is -0.494. The lowest BCUT2D eigenvalue weighted by Gasteiger charge is -2.59. The van der Waals surface area contributed by atoms with E-state index in [2.05, 4.69) is 0 Å². The quantitative estimate of drug-likeness (QED) is 0.824. The molecule has 3 fully saturated rings. The SMILES string of the molecule is CO[C@H]1O[C@H](C)[C@H]2O[C@@]3(OC)CCCC[C@]3(OC)O[C@@H]2[C@@H]1O. The third-order valence-corrected chi connectivity index (χ3v) is 5.14. The number of hydrogen-bond donors (Lipinski definition) is 1. The molecular formula is C15H26O7. The summed E-state index contributed by atoms with van der Waals surface area (Å²) in [6.45, 7) is 1.88. The highest BCUT2D eigenvalue weighted by Gasteiger charge is 2.66. The Morgan fingerprint density at radius 3 is 2.00 bits per heavy atom. The average molecular weight is 318 g/mol. The average Bonchev–Trinajstić information content (AvgIpc) is 2.56. The molecule has 1 aliphatic carbocycles. The van der Waals surface area contributed by atoms with Crippen molar-refractivity contribution < 1.29 is 33.5 Å². The van der Waals surface area contributed by atoms with Crippen LogP contribution in [0.15, 0.2) is 0 Å². The molecule has 1 saturated carbocycles. The molecule has 0 unspecified atom stereocenters. The molecule has 7 heteroatoms. The van der Waals surface area contributed by atoms with Crippen molar-refractivity contribution in [2.24, 2.45) is 0 Å². The molecular weight excluding hydrogens is 292 g/mol. The summed E-state index contributed by atoms with van der Waals surface area (Å²) < 4.78 is 34.9. The van der Waals surface area contributed by atoms with E-state index in [0.29, 0.717) is 12.8 Å². The van der Waals surface area contributed by atoms with Gasteiger partial charge in [0, 0.05) is 34.2 Å². The number of methoxy groups -OCH3 is 3. The van der Waals surface area contributed by atoms with Crippen LogP contribution < -0.4 is 0 Å². The summed E-state index contributed by atoms with van der Waals surface area (Å²) in [5.41, 5.74) is 0. The van der Waals surface area contributed by atoms with Crippen LogP contribution in [-0.4, -0.2) is 68.7 Å². The first-order chi connectivity index (χ1) is 10.5. The van der Waals surface area contributed by atoms with Crippen molar-refractivity contribution in [2.45, 2.75) is 74.9 Å². The predicted molar refractivity (Wildman–Crippen MR) is 75.0 cm³/mol. The molecule has 3 aliphatic rings. The molecule has 22 heavy (non-hydrogen) atoms. The summed E-state index contributed by atoms with van der Waals surface area (Å²) in [6, 6.07) is 0. The number of ether oxygens (including phenoxy) is 6. The number of aliphatic hydroxyl groups excluding tert-OH is 1. The molecule has 7 atom stereocenters. The van der Waals surface area contributed by atoms with Gasteiger partial charge in [0.1, 0.15) is 18.3 Å². The van der Waals surface area contributed by atoms with Crippen LogP contribution in [0.1, 0.15) is 32.6 Å². The van der Waals surface area contributed by atoms with Crippen LogP contribution in [0.5, 0.6) is 0 Å². The van der Waals surface area contributed by atoms with Gasteiger partial charge in [-0.3, -0.25) is 0 Å². The van der Waals surface area contributed by atoms with E-state index >= 15 is 0 Å². The Labute approximate surface area is 130 Å². The monoisotopic (exact) mass is 318 g/mol. The third-order valence-electron chi connectivity index (χ3n) is 5.14. The van der Waals surface area contributed by atoms with E-state index in [0.717, 1.165) is 12.8 Å². The van der Waals surface area contributed by atoms with E-state index in [1.165, 1.54) is 7.11 Å². The van der Waals surface area contributed by atoms with Crippen LogP contribution >= 0.6 is 0 Å². The molecule has 7 nitrogen and oxygen atoms in total. The van der Waals surface area contributed by atoms with Crippen molar-refractivity contribution in [3.8, 4) is 0 Å². The second-order valence-corrected chi connectivity index (χ2v) is 6.22. The van der Waals surface area contributed by atoms with Gasteiger partial charge in [-0.1, -0.05) is 0 Å². The van der Waals surface area contributed by atoms with Crippen LogP contribution in [0.4, 0.5) is 0 Å². The van der Waals surface area contributed by atoms with Crippen LogP contribution in [0.2, 0.25) is 0 Å². The van der Waals surface area contributed by atoms with E-state index in [9.17, 15) is 5.11 Å². The van der Waals surface area contributed by atoms with Crippen molar-refractivity contribution in [1.82, 2.24) is 0 Å². The van der Waals surface area contributed by atoms with Crippen LogP contribution in [0.25, 0.3) is 0 Å². The number of rotatable bonds is 3. The summed E-state index contributed by atoms with van der Waals surface area (Å²) in [7, 11) is 4.69. The molecule has 2 heterocycles. The standard InChI is InChI=1S/C15H26O7/c1-9-11-12(10(16)13(17-2)20-9)22-15(19-4)8-6-5-7-14(15,18-3)21-11/h9-13,16H,5-8H2,1-4H3/t9-,10+,11-,12-,13+,14+,15+/m1/s1. The lowest BCUT2D eigenvalue weighted by atomic mass is 9.84. The van der Waals surface area contributed by atoms with Gasteiger partial charge in [0.25, 0.3) is 0 Å². The number of aliphatic hydroxyl groups is 1. The maximum Gasteiger partial charge on any atom is 0.223 e. The van der Waals surface area contributed by atoms with Crippen molar-refractivity contribution in [3.63, 3.8) is 0 Å². The Bertz CT molecular complexity index is 405. The molecule has 0 bridgehead atoms. The maximum absolute atomic E-state index is 10.5. The molecule has 0 spiro atoms. The fourth-order valence-corrected chi connectivity index (χ4v) is 3.93. The molecule has 2 aliphatic heterocycles. The lowest BCUT2D eigenvalue weighted by Crippen LogP contribution is -2.74. The van der Waals surface area contributed by atoms with Crippen LogP contribution in [0.3, 0.4) is 0 Å². The molecule has 3 rings (SSSR count). The smallest absolute Gasteiger partial charge is 0.223 e. The van der Waals surface area contributed by atoms with Crippen molar-refractivity contribution in [2.75, 3.05) is 21.3 Å². The van der Waals surface area contributed by atoms with Gasteiger partial charge in [-0.2, -0.15) is 0 Å². The molecule has 0 aromatic carbocycles. The van der Waals surface area contributed by atoms with E-state index in [4.69, 9.17) is 28.4 Å². The Morgan fingerprint density at radius 2 is 1.50 bits per heavy atom. The van der Waals surface area contributed by atoms with Gasteiger partial charge < -0.3 is 33.5 Å². The first kappa shape index (κ1) is 16.6. The molecule has 2 saturated heterocycles. The summed E-state index contributed by atoms with van der Waals surface area (Å²) in [5, 5.41) is 10.5. The van der Waals surface area contributed by atoms with Gasteiger partial charge in [0.05, 0.1) is 6.10 Å². The Morgan fingerprint density at radius 1 is 0.955 bits per heavy atom. The van der Waals surface area contributed by atoms with Crippen molar-refractivity contribution >= 4 is 0 Å². The molecule has 128 valence electrons. The minimum absolute atomic E-state index is 0.290. The van der Waals surface area contributed by atoms with E-state index in [-0.39, 0.29) is 6.10 Å². The normalized spacial score (nSPS) is 52.0. The first-order valence-electron chi connectivity index (χ1n) is 7.85. The molecule has 0 aromatic heterocycles. The summed E-state index contributed by atoms with van der Waals surface area (Å²) in [4.78, 5) is 0. The second-order valence-electron chi connectivity index (χ2n) is 6.22. The zero-order valence-corrected chi connectivity index (χ0v) is 13.6. The van der Waals surface area contributed by atoms with Gasteiger partial charge in [0.2, 0.25) is 11.6 Å². The summed E-state index contributed by atoms with van der Waals surface area (Å²) in [6.07, 6.45) is 0.243. The van der Waals surface area contributed by atoms with Crippen LogP contribution in [0, 0.1) is 0 Å². The largest absolute Gasteiger partial charge is 0.385 e. The zero-order valence-electron chi connectivity index (χ0n) is 13.6. The van der Waals surface area contributed by atoms with Gasteiger partial charge in [-0.15, -0.1) is 0 Å². The van der Waals surface area contributed by atoms with Crippen LogP contribution in [-0.2, 0) is 28.4 Å². The van der Waals surface area contributed by atoms with E-state index < -0.39 is 36.2 Å². The van der Waals surface area contributed by atoms with E-state index in [1.54, 1.807) is 14.2 Å². The Balaban J connectivity index is 1.94. The fourth-order valence-electron chi connectivity index (χ4n) is 3.93. The Kier molecular flexibility index (Phi) is 4.50. The minimum atomic E-state index is -1.02. The topological polar surface area (TPSA) is 75.6 Å². The van der Waals surface area contributed by atoms with Gasteiger partial charge in [-0.05, 0) is 19.8 Å².